The average Bonchev–Trinajstić information content (AvgIpc) is 2.79. The SMILES string of the molecule is COc1ccc(N(C)Cc2ccc(F)c(F)c2)c(C(=NC=O)c2ccc(C(C)C)cc2)c1. The number of benzene rings is 3. The number of methoxy groups -OCH3 is 1. The van der Waals surface area contributed by atoms with E-state index < -0.39 is 11.6 Å². The molecule has 0 saturated carbocycles. The summed E-state index contributed by atoms with van der Waals surface area (Å²) in [5.41, 5.74) is 4.55. The van der Waals surface area contributed by atoms with Crippen molar-refractivity contribution in [1.29, 1.82) is 0 Å². The first kappa shape index (κ1) is 23.1. The summed E-state index contributed by atoms with van der Waals surface area (Å²) in [6.07, 6.45) is 0.518. The molecule has 0 bridgehead atoms. The summed E-state index contributed by atoms with van der Waals surface area (Å²) in [5.74, 6) is -0.779. The number of aliphatic imine (C=N–C) groups is 1. The number of hydrogen-bond donors (Lipinski definition) is 0. The number of halogens is 2. The second kappa shape index (κ2) is 10.2. The van der Waals surface area contributed by atoms with E-state index in [2.05, 4.69) is 18.8 Å². The lowest BCUT2D eigenvalue weighted by Crippen LogP contribution is -2.20. The average molecular weight is 437 g/mol. The van der Waals surface area contributed by atoms with Crippen LogP contribution in [0.15, 0.2) is 65.7 Å². The number of hydrogen-bond acceptors (Lipinski definition) is 3. The van der Waals surface area contributed by atoms with Gasteiger partial charge in [0.2, 0.25) is 6.41 Å². The molecule has 0 fully saturated rings. The van der Waals surface area contributed by atoms with Crippen molar-refractivity contribution < 1.29 is 18.3 Å². The van der Waals surface area contributed by atoms with Gasteiger partial charge in [0.25, 0.3) is 0 Å². The number of carbonyl (C=O) groups is 1. The maximum atomic E-state index is 13.7. The van der Waals surface area contributed by atoms with E-state index in [9.17, 15) is 13.6 Å². The molecule has 1 amide bonds. The highest BCUT2D eigenvalue weighted by atomic mass is 19.2. The highest BCUT2D eigenvalue weighted by molar-refractivity contribution is 6.18. The largest absolute Gasteiger partial charge is 0.497 e. The van der Waals surface area contributed by atoms with Gasteiger partial charge in [-0.15, -0.1) is 0 Å². The Kier molecular flexibility index (Phi) is 7.36. The molecule has 6 heteroatoms. The quantitative estimate of drug-likeness (QED) is 0.335. The summed E-state index contributed by atoms with van der Waals surface area (Å²) in [4.78, 5) is 17.5. The Labute approximate surface area is 187 Å². The number of carbonyl (C=O) groups excluding carboxylic acids is 1. The van der Waals surface area contributed by atoms with Gasteiger partial charge in [-0.2, -0.15) is 0 Å². The third kappa shape index (κ3) is 5.19. The van der Waals surface area contributed by atoms with Crippen molar-refractivity contribution in [1.82, 2.24) is 0 Å². The molecule has 0 saturated heterocycles. The summed E-state index contributed by atoms with van der Waals surface area (Å²) in [5, 5.41) is 0. The topological polar surface area (TPSA) is 41.9 Å². The highest BCUT2D eigenvalue weighted by Crippen LogP contribution is 2.29. The molecule has 0 unspecified atom stereocenters. The Bertz CT molecular complexity index is 1130. The zero-order chi connectivity index (χ0) is 23.3. The van der Waals surface area contributed by atoms with Gasteiger partial charge in [0.05, 0.1) is 12.8 Å². The van der Waals surface area contributed by atoms with Crippen LogP contribution >= 0.6 is 0 Å². The van der Waals surface area contributed by atoms with E-state index in [0.29, 0.717) is 41.5 Å². The number of ether oxygens (including phenoxy) is 1. The van der Waals surface area contributed by atoms with E-state index in [-0.39, 0.29) is 0 Å². The lowest BCUT2D eigenvalue weighted by molar-refractivity contribution is -0.106. The van der Waals surface area contributed by atoms with Crippen LogP contribution in [0.3, 0.4) is 0 Å². The monoisotopic (exact) mass is 436 g/mol. The van der Waals surface area contributed by atoms with Gasteiger partial charge in [-0.25, -0.2) is 13.8 Å². The predicted octanol–water partition coefficient (Wildman–Crippen LogP) is 5.73. The molecule has 3 rings (SSSR count). The van der Waals surface area contributed by atoms with Crippen molar-refractivity contribution >= 4 is 17.8 Å². The van der Waals surface area contributed by atoms with Gasteiger partial charge in [-0.1, -0.05) is 44.2 Å². The Balaban J connectivity index is 2.05. The Morgan fingerprint density at radius 2 is 1.75 bits per heavy atom. The molecule has 0 radical (unpaired) electrons. The molecule has 0 N–H and O–H groups in total. The molecule has 0 aromatic heterocycles. The molecule has 32 heavy (non-hydrogen) atoms. The molecule has 4 nitrogen and oxygen atoms in total. The van der Waals surface area contributed by atoms with Crippen LogP contribution in [0.2, 0.25) is 0 Å². The maximum Gasteiger partial charge on any atom is 0.233 e. The smallest absolute Gasteiger partial charge is 0.233 e. The van der Waals surface area contributed by atoms with E-state index in [1.807, 2.05) is 48.3 Å². The molecular weight excluding hydrogens is 410 g/mol. The molecule has 0 aliphatic rings. The van der Waals surface area contributed by atoms with Crippen molar-refractivity contribution in [2.75, 3.05) is 19.1 Å². The summed E-state index contributed by atoms with van der Waals surface area (Å²) in [6, 6.07) is 17.2. The first-order chi connectivity index (χ1) is 15.3. The summed E-state index contributed by atoms with van der Waals surface area (Å²) >= 11 is 0. The standard InChI is InChI=1S/C26H26F2N2O2/c1-17(2)19-6-8-20(9-7-19)26(29-16-31)22-14-21(32-4)10-12-25(22)30(3)15-18-5-11-23(27)24(28)13-18/h5-14,16-17H,15H2,1-4H3. The van der Waals surface area contributed by atoms with E-state index >= 15 is 0 Å². The van der Waals surface area contributed by atoms with Gasteiger partial charge < -0.3 is 9.64 Å². The third-order valence-corrected chi connectivity index (χ3v) is 5.31. The molecular formula is C26H26F2N2O2. The van der Waals surface area contributed by atoms with Crippen LogP contribution < -0.4 is 9.64 Å². The zero-order valence-corrected chi connectivity index (χ0v) is 18.6. The van der Waals surface area contributed by atoms with Crippen LogP contribution in [-0.2, 0) is 11.3 Å². The lowest BCUT2D eigenvalue weighted by atomic mass is 9.96. The van der Waals surface area contributed by atoms with Crippen LogP contribution in [0.1, 0.15) is 42.0 Å². The summed E-state index contributed by atoms with van der Waals surface area (Å²) in [7, 11) is 3.41. The Morgan fingerprint density at radius 3 is 2.34 bits per heavy atom. The Hall–Kier alpha value is -3.54. The van der Waals surface area contributed by atoms with Crippen molar-refractivity contribution in [3.63, 3.8) is 0 Å². The predicted molar refractivity (Wildman–Crippen MR) is 124 cm³/mol. The van der Waals surface area contributed by atoms with E-state index in [1.165, 1.54) is 11.6 Å². The molecule has 0 heterocycles. The Morgan fingerprint density at radius 1 is 1.03 bits per heavy atom. The molecule has 0 atom stereocenters. The van der Waals surface area contributed by atoms with Gasteiger partial charge in [0.15, 0.2) is 11.6 Å². The van der Waals surface area contributed by atoms with Crippen LogP contribution in [-0.4, -0.2) is 26.3 Å². The van der Waals surface area contributed by atoms with Crippen molar-refractivity contribution in [2.24, 2.45) is 4.99 Å². The zero-order valence-electron chi connectivity index (χ0n) is 18.6. The summed E-state index contributed by atoms with van der Waals surface area (Å²) in [6.45, 7) is 4.56. The van der Waals surface area contributed by atoms with E-state index in [0.717, 1.165) is 17.3 Å². The first-order valence-corrected chi connectivity index (χ1v) is 10.3. The fourth-order valence-corrected chi connectivity index (χ4v) is 3.54. The first-order valence-electron chi connectivity index (χ1n) is 10.3. The van der Waals surface area contributed by atoms with E-state index in [4.69, 9.17) is 4.74 Å². The molecule has 166 valence electrons. The highest BCUT2D eigenvalue weighted by Gasteiger charge is 2.17. The molecule has 0 spiro atoms. The molecule has 0 aliphatic carbocycles. The minimum absolute atomic E-state index is 0.331. The fourth-order valence-electron chi connectivity index (χ4n) is 3.54. The second-order valence-corrected chi connectivity index (χ2v) is 7.85. The molecule has 0 aliphatic heterocycles. The number of rotatable bonds is 8. The van der Waals surface area contributed by atoms with Crippen LogP contribution in [0, 0.1) is 11.6 Å². The third-order valence-electron chi connectivity index (χ3n) is 5.31. The van der Waals surface area contributed by atoms with Gasteiger partial charge in [-0.05, 0) is 47.4 Å². The maximum absolute atomic E-state index is 13.7. The van der Waals surface area contributed by atoms with Crippen molar-refractivity contribution in [3.05, 3.63) is 94.6 Å². The van der Waals surface area contributed by atoms with Gasteiger partial charge >= 0.3 is 0 Å². The van der Waals surface area contributed by atoms with Gasteiger partial charge in [-0.3, -0.25) is 4.79 Å². The van der Waals surface area contributed by atoms with Gasteiger partial charge in [0.1, 0.15) is 5.75 Å². The molecule has 3 aromatic rings. The fraction of sp³-hybridized carbons (Fsp3) is 0.231. The number of amides is 1. The number of nitrogens with zero attached hydrogens (tertiary/aromatic N) is 2. The van der Waals surface area contributed by atoms with Crippen LogP contribution in [0.5, 0.6) is 5.75 Å². The summed E-state index contributed by atoms with van der Waals surface area (Å²) < 4.78 is 32.4. The minimum Gasteiger partial charge on any atom is -0.497 e. The van der Waals surface area contributed by atoms with E-state index in [1.54, 1.807) is 19.2 Å². The lowest BCUT2D eigenvalue weighted by Gasteiger charge is -2.24. The number of anilines is 1. The normalized spacial score (nSPS) is 11.5. The van der Waals surface area contributed by atoms with Crippen molar-refractivity contribution in [2.45, 2.75) is 26.3 Å². The molecule has 3 aromatic carbocycles. The van der Waals surface area contributed by atoms with Gasteiger partial charge in [0, 0.05) is 30.4 Å². The minimum atomic E-state index is -0.890. The van der Waals surface area contributed by atoms with Crippen LogP contribution in [0.4, 0.5) is 14.5 Å². The van der Waals surface area contributed by atoms with Crippen molar-refractivity contribution in [3.8, 4) is 5.75 Å². The van der Waals surface area contributed by atoms with Crippen LogP contribution in [0.25, 0.3) is 0 Å². The second-order valence-electron chi connectivity index (χ2n) is 7.85.